The summed E-state index contributed by atoms with van der Waals surface area (Å²) in [6.45, 7) is 3.18. The zero-order chi connectivity index (χ0) is 18.2. The van der Waals surface area contributed by atoms with Gasteiger partial charge in [0.25, 0.3) is 0 Å². The molecular weight excluding hydrogens is 360 g/mol. The maximum atomic E-state index is 11.5. The van der Waals surface area contributed by atoms with Crippen LogP contribution in [0.25, 0.3) is 21.3 Å². The van der Waals surface area contributed by atoms with Crippen molar-refractivity contribution < 1.29 is 13.2 Å². The molecule has 0 unspecified atom stereocenters. The van der Waals surface area contributed by atoms with Gasteiger partial charge in [-0.05, 0) is 30.7 Å². The molecule has 1 aromatic carbocycles. The van der Waals surface area contributed by atoms with Crippen LogP contribution >= 0.6 is 11.3 Å². The average Bonchev–Trinajstić information content (AvgIpc) is 2.88. The van der Waals surface area contributed by atoms with E-state index >= 15 is 0 Å². The van der Waals surface area contributed by atoms with E-state index in [1.165, 1.54) is 18.3 Å². The summed E-state index contributed by atoms with van der Waals surface area (Å²) >= 11 is 1.38. The number of anilines is 2. The van der Waals surface area contributed by atoms with Crippen molar-refractivity contribution in [1.29, 1.82) is 0 Å². The van der Waals surface area contributed by atoms with Crippen LogP contribution in [0, 0.1) is 6.92 Å². The van der Waals surface area contributed by atoms with Crippen LogP contribution in [0.4, 0.5) is 10.8 Å². The minimum absolute atomic E-state index is 0.168. The first-order valence-corrected chi connectivity index (χ1v) is 10.0. The lowest BCUT2D eigenvalue weighted by atomic mass is 10.1. The first-order chi connectivity index (χ1) is 11.7. The predicted octanol–water partition coefficient (Wildman–Crippen LogP) is 3.00. The Balaban J connectivity index is 2.01. The summed E-state index contributed by atoms with van der Waals surface area (Å²) in [7, 11) is -3.38. The van der Waals surface area contributed by atoms with Crippen LogP contribution in [0.3, 0.4) is 0 Å². The van der Waals surface area contributed by atoms with E-state index < -0.39 is 10.0 Å². The molecule has 2 aromatic heterocycles. The third-order valence-corrected chi connectivity index (χ3v) is 4.91. The van der Waals surface area contributed by atoms with E-state index in [0.29, 0.717) is 16.5 Å². The Kier molecular flexibility index (Phi) is 4.44. The summed E-state index contributed by atoms with van der Waals surface area (Å²) in [5, 5.41) is 3.22. The van der Waals surface area contributed by atoms with Gasteiger partial charge in [-0.1, -0.05) is 17.4 Å². The van der Waals surface area contributed by atoms with Gasteiger partial charge < -0.3 is 5.32 Å². The molecule has 9 heteroatoms. The highest BCUT2D eigenvalue weighted by atomic mass is 32.2. The molecule has 3 rings (SSSR count). The topological polar surface area (TPSA) is 101 Å². The molecule has 7 nitrogen and oxygen atoms in total. The van der Waals surface area contributed by atoms with Gasteiger partial charge in [-0.25, -0.2) is 13.4 Å². The molecule has 0 spiro atoms. The maximum absolute atomic E-state index is 11.5. The first-order valence-electron chi connectivity index (χ1n) is 7.34. The Morgan fingerprint density at radius 2 is 1.96 bits per heavy atom. The molecule has 0 fully saturated rings. The van der Waals surface area contributed by atoms with Gasteiger partial charge in [0.2, 0.25) is 15.9 Å². The number of thiazole rings is 1. The Labute approximate surface area is 149 Å². The molecule has 0 aliphatic heterocycles. The Hall–Kier alpha value is -2.52. The van der Waals surface area contributed by atoms with Gasteiger partial charge in [-0.15, -0.1) is 0 Å². The third kappa shape index (κ3) is 4.12. The summed E-state index contributed by atoms with van der Waals surface area (Å²) in [5.74, 6) is -0.168. The number of aromatic nitrogens is 2. The molecule has 0 aliphatic carbocycles. The zero-order valence-corrected chi connectivity index (χ0v) is 15.5. The minimum atomic E-state index is -3.38. The van der Waals surface area contributed by atoms with Crippen LogP contribution in [0.15, 0.2) is 30.5 Å². The van der Waals surface area contributed by atoms with Crippen molar-refractivity contribution in [2.24, 2.45) is 0 Å². The number of aryl methyl sites for hydroxylation is 1. The molecule has 0 atom stereocenters. The number of hydrogen-bond donors (Lipinski definition) is 2. The molecule has 0 saturated heterocycles. The van der Waals surface area contributed by atoms with Gasteiger partial charge in [0.05, 0.1) is 27.9 Å². The molecule has 25 heavy (non-hydrogen) atoms. The van der Waals surface area contributed by atoms with Gasteiger partial charge in [-0.2, -0.15) is 0 Å². The number of carbonyl (C=O) groups excluding carboxylic acids is 1. The van der Waals surface area contributed by atoms with Crippen molar-refractivity contribution in [2.45, 2.75) is 13.8 Å². The fourth-order valence-corrected chi connectivity index (χ4v) is 3.86. The molecule has 1 amide bonds. The van der Waals surface area contributed by atoms with E-state index in [2.05, 4.69) is 20.0 Å². The number of amides is 1. The molecule has 2 N–H and O–H groups in total. The average molecular weight is 376 g/mol. The molecule has 3 aromatic rings. The van der Waals surface area contributed by atoms with Crippen molar-refractivity contribution in [1.82, 2.24) is 9.97 Å². The van der Waals surface area contributed by atoms with E-state index in [0.717, 1.165) is 27.6 Å². The summed E-state index contributed by atoms with van der Waals surface area (Å²) < 4.78 is 26.4. The van der Waals surface area contributed by atoms with Crippen LogP contribution in [-0.4, -0.2) is 30.5 Å². The second kappa shape index (κ2) is 6.41. The van der Waals surface area contributed by atoms with Crippen LogP contribution < -0.4 is 10.0 Å². The molecule has 0 radical (unpaired) electrons. The maximum Gasteiger partial charge on any atom is 0.229 e. The standard InChI is InChI=1S/C16H16N4O3S2/c1-9-14(20-25(3,22)23)6-12(8-17-9)11-4-5-13-15(7-11)24-16(19-13)18-10(2)21/h4-8,20H,1-3H3,(H,18,19,21). The van der Waals surface area contributed by atoms with Crippen molar-refractivity contribution in [2.75, 3.05) is 16.3 Å². The number of rotatable bonds is 4. The lowest BCUT2D eigenvalue weighted by Gasteiger charge is -2.09. The number of benzene rings is 1. The van der Waals surface area contributed by atoms with Crippen LogP contribution in [0.5, 0.6) is 0 Å². The smallest absolute Gasteiger partial charge is 0.229 e. The van der Waals surface area contributed by atoms with Crippen molar-refractivity contribution in [3.63, 3.8) is 0 Å². The van der Waals surface area contributed by atoms with Gasteiger partial charge in [-0.3, -0.25) is 14.5 Å². The largest absolute Gasteiger partial charge is 0.302 e. The van der Waals surface area contributed by atoms with Crippen molar-refractivity contribution >= 4 is 48.3 Å². The second-order valence-corrected chi connectivity index (χ2v) is 8.39. The number of nitrogens with one attached hydrogen (secondary N) is 2. The van der Waals surface area contributed by atoms with E-state index in [1.807, 2.05) is 18.2 Å². The van der Waals surface area contributed by atoms with E-state index in [9.17, 15) is 13.2 Å². The Bertz CT molecular complexity index is 1070. The van der Waals surface area contributed by atoms with Crippen molar-refractivity contribution in [3.05, 3.63) is 36.2 Å². The Morgan fingerprint density at radius 1 is 1.20 bits per heavy atom. The minimum Gasteiger partial charge on any atom is -0.302 e. The van der Waals surface area contributed by atoms with Gasteiger partial charge >= 0.3 is 0 Å². The number of pyridine rings is 1. The van der Waals surface area contributed by atoms with Crippen LogP contribution in [0.1, 0.15) is 12.6 Å². The lowest BCUT2D eigenvalue weighted by molar-refractivity contribution is -0.114. The summed E-state index contributed by atoms with van der Waals surface area (Å²) in [5.41, 5.74) is 3.50. The highest BCUT2D eigenvalue weighted by Gasteiger charge is 2.10. The quantitative estimate of drug-likeness (QED) is 0.729. The molecule has 130 valence electrons. The van der Waals surface area contributed by atoms with Gasteiger partial charge in [0, 0.05) is 18.7 Å². The fourth-order valence-electron chi connectivity index (χ4n) is 2.30. The first kappa shape index (κ1) is 17.3. The number of nitrogens with zero attached hydrogens (tertiary/aromatic N) is 2. The van der Waals surface area contributed by atoms with Crippen LogP contribution in [0.2, 0.25) is 0 Å². The van der Waals surface area contributed by atoms with E-state index in [-0.39, 0.29) is 5.91 Å². The molecular formula is C16H16N4O3S2. The number of hydrogen-bond acceptors (Lipinski definition) is 6. The molecule has 0 saturated carbocycles. The summed E-state index contributed by atoms with van der Waals surface area (Å²) in [4.78, 5) is 19.8. The number of carbonyl (C=O) groups is 1. The van der Waals surface area contributed by atoms with Crippen molar-refractivity contribution in [3.8, 4) is 11.1 Å². The lowest BCUT2D eigenvalue weighted by Crippen LogP contribution is -2.11. The third-order valence-electron chi connectivity index (χ3n) is 3.39. The number of sulfonamides is 1. The highest BCUT2D eigenvalue weighted by Crippen LogP contribution is 2.31. The highest BCUT2D eigenvalue weighted by molar-refractivity contribution is 7.92. The van der Waals surface area contributed by atoms with Crippen LogP contribution in [-0.2, 0) is 14.8 Å². The van der Waals surface area contributed by atoms with Gasteiger partial charge in [0.15, 0.2) is 5.13 Å². The molecule has 2 heterocycles. The predicted molar refractivity (Wildman–Crippen MR) is 100 cm³/mol. The number of fused-ring (bicyclic) bond motifs is 1. The normalized spacial score (nSPS) is 11.5. The van der Waals surface area contributed by atoms with E-state index in [1.54, 1.807) is 19.2 Å². The van der Waals surface area contributed by atoms with Gasteiger partial charge in [0.1, 0.15) is 0 Å². The fraction of sp³-hybridized carbons (Fsp3) is 0.188. The molecule has 0 bridgehead atoms. The monoisotopic (exact) mass is 376 g/mol. The Morgan fingerprint density at radius 3 is 2.64 bits per heavy atom. The SMILES string of the molecule is CC(=O)Nc1nc2ccc(-c3cnc(C)c(NS(C)(=O)=O)c3)cc2s1. The van der Waals surface area contributed by atoms with E-state index in [4.69, 9.17) is 0 Å². The summed E-state index contributed by atoms with van der Waals surface area (Å²) in [6.07, 6.45) is 2.80. The zero-order valence-electron chi connectivity index (χ0n) is 13.8. The molecule has 0 aliphatic rings. The second-order valence-electron chi connectivity index (χ2n) is 5.61. The summed E-state index contributed by atoms with van der Waals surface area (Å²) in [6, 6.07) is 7.43.